The molecule has 0 saturated carbocycles. The predicted octanol–water partition coefficient (Wildman–Crippen LogP) is 4.76. The largest absolute Gasteiger partial charge is 0.352 e. The molecule has 0 spiro atoms. The van der Waals surface area contributed by atoms with Gasteiger partial charge < -0.3 is 10.6 Å². The van der Waals surface area contributed by atoms with Crippen LogP contribution in [0, 0.1) is 11.7 Å². The van der Waals surface area contributed by atoms with Crippen LogP contribution in [0.2, 0.25) is 5.02 Å². The number of benzene rings is 2. The van der Waals surface area contributed by atoms with Gasteiger partial charge in [-0.2, -0.15) is 0 Å². The molecule has 2 atom stereocenters. The van der Waals surface area contributed by atoms with Crippen molar-refractivity contribution >= 4 is 29.3 Å². The number of amides is 1. The quantitative estimate of drug-likeness (QED) is 0.356. The number of nitrogens with one attached hydrogen (secondary N) is 2. The van der Waals surface area contributed by atoms with E-state index in [1.165, 1.54) is 17.8 Å². The lowest BCUT2D eigenvalue weighted by Gasteiger charge is -2.31. The van der Waals surface area contributed by atoms with Gasteiger partial charge in [0, 0.05) is 24.0 Å². The summed E-state index contributed by atoms with van der Waals surface area (Å²) < 4.78 is 13.9. The second kappa shape index (κ2) is 11.6. The highest BCUT2D eigenvalue weighted by Gasteiger charge is 2.25. The third-order valence-corrected chi connectivity index (χ3v) is 6.94. The number of carbonyl (C=O) groups is 1. The van der Waals surface area contributed by atoms with Crippen molar-refractivity contribution in [2.75, 3.05) is 18.8 Å². The lowest BCUT2D eigenvalue weighted by molar-refractivity contribution is -0.119. The van der Waals surface area contributed by atoms with E-state index in [9.17, 15) is 9.18 Å². The summed E-state index contributed by atoms with van der Waals surface area (Å²) in [5.41, 5.74) is 2.80. The zero-order valence-electron chi connectivity index (χ0n) is 18.1. The molecule has 5 nitrogen and oxygen atoms in total. The maximum Gasteiger partial charge on any atom is 0.230 e. The van der Waals surface area contributed by atoms with Gasteiger partial charge in [-0.25, -0.2) is 14.4 Å². The van der Waals surface area contributed by atoms with E-state index in [-0.39, 0.29) is 28.6 Å². The topological polar surface area (TPSA) is 66.9 Å². The van der Waals surface area contributed by atoms with Gasteiger partial charge in [0.2, 0.25) is 5.91 Å². The van der Waals surface area contributed by atoms with E-state index in [4.69, 9.17) is 11.6 Å². The number of rotatable bonds is 8. The van der Waals surface area contributed by atoms with Crippen LogP contribution in [0.4, 0.5) is 4.39 Å². The Bertz CT molecular complexity index is 1060. The van der Waals surface area contributed by atoms with Crippen molar-refractivity contribution in [1.29, 1.82) is 0 Å². The fourth-order valence-corrected chi connectivity index (χ4v) is 4.74. The van der Waals surface area contributed by atoms with Crippen LogP contribution in [-0.4, -0.2) is 40.8 Å². The van der Waals surface area contributed by atoms with Crippen LogP contribution < -0.4 is 10.6 Å². The molecule has 8 heteroatoms. The van der Waals surface area contributed by atoms with Crippen molar-refractivity contribution in [2.45, 2.75) is 30.5 Å². The van der Waals surface area contributed by atoms with Crippen molar-refractivity contribution in [2.24, 2.45) is 5.92 Å². The molecule has 1 aliphatic heterocycles. The van der Waals surface area contributed by atoms with Crippen molar-refractivity contribution in [3.05, 3.63) is 77.3 Å². The molecule has 1 aromatic heterocycles. The first-order chi connectivity index (χ1) is 16.1. The SMILES string of the molecule is O=C(CSc1ncc(-c2ccccc2)cn1)NC(Cc1ccc(Cl)c(F)c1)C1CCCNC1. The summed E-state index contributed by atoms with van der Waals surface area (Å²) in [7, 11) is 0. The molecule has 2 heterocycles. The molecule has 1 aliphatic rings. The molecular formula is C25H26ClFN4OS. The minimum Gasteiger partial charge on any atom is -0.352 e. The van der Waals surface area contributed by atoms with Crippen LogP contribution >= 0.6 is 23.4 Å². The Labute approximate surface area is 202 Å². The first-order valence-electron chi connectivity index (χ1n) is 11.0. The lowest BCUT2D eigenvalue weighted by Crippen LogP contribution is -2.48. The molecule has 0 bridgehead atoms. The summed E-state index contributed by atoms with van der Waals surface area (Å²) in [5.74, 6) is -0.0164. The van der Waals surface area contributed by atoms with Crippen molar-refractivity contribution < 1.29 is 9.18 Å². The van der Waals surface area contributed by atoms with E-state index >= 15 is 0 Å². The Morgan fingerprint density at radius 1 is 1.18 bits per heavy atom. The van der Waals surface area contributed by atoms with Gasteiger partial charge in [-0.15, -0.1) is 0 Å². The molecule has 172 valence electrons. The molecule has 1 saturated heterocycles. The van der Waals surface area contributed by atoms with Gasteiger partial charge in [0.05, 0.1) is 10.8 Å². The first-order valence-corrected chi connectivity index (χ1v) is 12.4. The van der Waals surface area contributed by atoms with E-state index in [2.05, 4.69) is 20.6 Å². The van der Waals surface area contributed by atoms with Gasteiger partial charge in [0.1, 0.15) is 5.82 Å². The molecule has 2 aromatic carbocycles. The molecule has 3 aromatic rings. The Balaban J connectivity index is 1.36. The molecule has 2 N–H and O–H groups in total. The molecule has 1 fully saturated rings. The van der Waals surface area contributed by atoms with E-state index in [0.29, 0.717) is 11.6 Å². The predicted molar refractivity (Wildman–Crippen MR) is 131 cm³/mol. The molecule has 2 unspecified atom stereocenters. The lowest BCUT2D eigenvalue weighted by atomic mass is 9.87. The second-order valence-corrected chi connectivity index (χ2v) is 9.49. The highest BCUT2D eigenvalue weighted by atomic mass is 35.5. The number of carbonyl (C=O) groups excluding carboxylic acids is 1. The van der Waals surface area contributed by atoms with Crippen LogP contribution in [-0.2, 0) is 11.2 Å². The summed E-state index contributed by atoms with van der Waals surface area (Å²) >= 11 is 7.13. The third kappa shape index (κ3) is 6.76. The number of aromatic nitrogens is 2. The number of piperidine rings is 1. The number of halogens is 2. The van der Waals surface area contributed by atoms with Crippen molar-refractivity contribution in [1.82, 2.24) is 20.6 Å². The minimum absolute atomic E-state index is 0.0826. The van der Waals surface area contributed by atoms with Gasteiger partial charge in [0.25, 0.3) is 0 Å². The standard InChI is InChI=1S/C25H26ClFN4OS/c26-21-9-8-17(11-22(21)27)12-23(19-7-4-10-28-13-19)31-24(32)16-33-25-29-14-20(15-30-25)18-5-2-1-3-6-18/h1-3,5-6,8-9,11,14-15,19,23,28H,4,7,10,12-13,16H2,(H,31,32). The summed E-state index contributed by atoms with van der Waals surface area (Å²) in [4.78, 5) is 21.5. The fraction of sp³-hybridized carbons (Fsp3) is 0.320. The number of nitrogens with zero attached hydrogens (tertiary/aromatic N) is 2. The van der Waals surface area contributed by atoms with E-state index in [0.717, 1.165) is 42.6 Å². The Morgan fingerprint density at radius 3 is 2.67 bits per heavy atom. The number of hydrogen-bond donors (Lipinski definition) is 2. The molecule has 0 radical (unpaired) electrons. The molecular weight excluding hydrogens is 459 g/mol. The first kappa shape index (κ1) is 23.7. The summed E-state index contributed by atoms with van der Waals surface area (Å²) in [6.45, 7) is 1.82. The molecule has 33 heavy (non-hydrogen) atoms. The summed E-state index contributed by atoms with van der Waals surface area (Å²) in [6, 6.07) is 14.7. The van der Waals surface area contributed by atoms with Crippen LogP contribution in [0.1, 0.15) is 18.4 Å². The van der Waals surface area contributed by atoms with Crippen molar-refractivity contribution in [3.8, 4) is 11.1 Å². The summed E-state index contributed by atoms with van der Waals surface area (Å²) in [5, 5.41) is 7.23. The van der Waals surface area contributed by atoms with E-state index < -0.39 is 5.82 Å². The average molecular weight is 485 g/mol. The average Bonchev–Trinajstić information content (AvgIpc) is 2.86. The fourth-order valence-electron chi connectivity index (χ4n) is 4.03. The maximum absolute atomic E-state index is 13.9. The maximum atomic E-state index is 13.9. The Hall–Kier alpha value is -2.48. The monoisotopic (exact) mass is 484 g/mol. The highest BCUT2D eigenvalue weighted by Crippen LogP contribution is 2.22. The summed E-state index contributed by atoms with van der Waals surface area (Å²) in [6.07, 6.45) is 6.18. The van der Waals surface area contributed by atoms with E-state index in [1.54, 1.807) is 18.5 Å². The smallest absolute Gasteiger partial charge is 0.230 e. The number of hydrogen-bond acceptors (Lipinski definition) is 5. The van der Waals surface area contributed by atoms with Crippen LogP contribution in [0.25, 0.3) is 11.1 Å². The zero-order valence-corrected chi connectivity index (χ0v) is 19.7. The van der Waals surface area contributed by atoms with Gasteiger partial charge in [-0.3, -0.25) is 4.79 Å². The number of thioether (sulfide) groups is 1. The third-order valence-electron chi connectivity index (χ3n) is 5.76. The van der Waals surface area contributed by atoms with Crippen molar-refractivity contribution in [3.63, 3.8) is 0 Å². The van der Waals surface area contributed by atoms with Gasteiger partial charge >= 0.3 is 0 Å². The van der Waals surface area contributed by atoms with Gasteiger partial charge in [-0.05, 0) is 61.5 Å². The second-order valence-electron chi connectivity index (χ2n) is 8.14. The zero-order chi connectivity index (χ0) is 23.0. The van der Waals surface area contributed by atoms with Gasteiger partial charge in [-0.1, -0.05) is 59.8 Å². The van der Waals surface area contributed by atoms with Crippen LogP contribution in [0.3, 0.4) is 0 Å². The van der Waals surface area contributed by atoms with Gasteiger partial charge in [0.15, 0.2) is 5.16 Å². The Kier molecular flexibility index (Phi) is 8.31. The molecule has 4 rings (SSSR count). The minimum atomic E-state index is -0.437. The van der Waals surface area contributed by atoms with E-state index in [1.807, 2.05) is 36.4 Å². The van der Waals surface area contributed by atoms with Crippen LogP contribution in [0.5, 0.6) is 0 Å². The Morgan fingerprint density at radius 2 is 1.97 bits per heavy atom. The normalized spacial score (nSPS) is 16.8. The molecule has 0 aliphatic carbocycles. The van der Waals surface area contributed by atoms with Crippen LogP contribution in [0.15, 0.2) is 66.1 Å². The highest BCUT2D eigenvalue weighted by molar-refractivity contribution is 7.99. The molecule has 1 amide bonds.